The van der Waals surface area contributed by atoms with Crippen LogP contribution in [-0.4, -0.2) is 10.8 Å². The molecule has 0 heterocycles. The maximum atomic E-state index is 12.8. The minimum absolute atomic E-state index is 0.0439. The Morgan fingerprint density at radius 1 is 0.769 bits per heavy atom. The zero-order valence-electron chi connectivity index (χ0n) is 14.4. The van der Waals surface area contributed by atoms with Gasteiger partial charge in [0.1, 0.15) is 0 Å². The number of hydrogen-bond donors (Lipinski definition) is 0. The first-order valence-corrected chi connectivity index (χ1v) is 8.89. The third-order valence-electron chi connectivity index (χ3n) is 4.05. The van der Waals surface area contributed by atoms with Crippen molar-refractivity contribution in [3.05, 3.63) is 113 Å². The van der Waals surface area contributed by atoms with Crippen LogP contribution in [0.4, 0.5) is 0 Å². The molecule has 26 heavy (non-hydrogen) atoms. The van der Waals surface area contributed by atoms with Crippen LogP contribution >= 0.6 is 11.6 Å². The molecular formula is C23H20ClNO. The second kappa shape index (κ2) is 9.02. The van der Waals surface area contributed by atoms with Crippen molar-refractivity contribution in [1.29, 1.82) is 0 Å². The highest BCUT2D eigenvalue weighted by Gasteiger charge is 2.12. The van der Waals surface area contributed by atoms with Crippen LogP contribution in [0.1, 0.15) is 16.7 Å². The van der Waals surface area contributed by atoms with Gasteiger partial charge in [0.15, 0.2) is 0 Å². The van der Waals surface area contributed by atoms with Crippen LogP contribution in [0.15, 0.2) is 91.0 Å². The lowest BCUT2D eigenvalue weighted by molar-refractivity contribution is -0.127. The van der Waals surface area contributed by atoms with Crippen molar-refractivity contribution in [2.24, 2.45) is 0 Å². The molecule has 0 atom stereocenters. The minimum atomic E-state index is -0.0439. The molecule has 0 N–H and O–H groups in total. The van der Waals surface area contributed by atoms with E-state index < -0.39 is 0 Å². The van der Waals surface area contributed by atoms with Gasteiger partial charge in [0.25, 0.3) is 0 Å². The molecule has 0 unspecified atom stereocenters. The Labute approximate surface area is 159 Å². The van der Waals surface area contributed by atoms with Gasteiger partial charge in [0.05, 0.1) is 0 Å². The van der Waals surface area contributed by atoms with E-state index in [1.54, 1.807) is 12.2 Å². The van der Waals surface area contributed by atoms with Gasteiger partial charge in [0, 0.05) is 24.2 Å². The smallest absolute Gasteiger partial charge is 0.247 e. The monoisotopic (exact) mass is 361 g/mol. The Balaban J connectivity index is 1.79. The fraction of sp³-hybridized carbons (Fsp3) is 0.0870. The molecule has 2 nitrogen and oxygen atoms in total. The van der Waals surface area contributed by atoms with Gasteiger partial charge in [-0.2, -0.15) is 0 Å². The van der Waals surface area contributed by atoms with Crippen molar-refractivity contribution < 1.29 is 4.79 Å². The average molecular weight is 362 g/mol. The zero-order valence-corrected chi connectivity index (χ0v) is 15.1. The highest BCUT2D eigenvalue weighted by molar-refractivity contribution is 6.32. The fourth-order valence-electron chi connectivity index (χ4n) is 2.70. The molecule has 0 aliphatic carbocycles. The van der Waals surface area contributed by atoms with E-state index in [-0.39, 0.29) is 5.91 Å². The minimum Gasteiger partial charge on any atom is -0.331 e. The van der Waals surface area contributed by atoms with Crippen molar-refractivity contribution in [3.63, 3.8) is 0 Å². The first-order valence-electron chi connectivity index (χ1n) is 8.52. The van der Waals surface area contributed by atoms with Gasteiger partial charge >= 0.3 is 0 Å². The fourth-order valence-corrected chi connectivity index (χ4v) is 2.89. The van der Waals surface area contributed by atoms with E-state index in [0.29, 0.717) is 18.1 Å². The molecule has 0 aliphatic rings. The predicted molar refractivity (Wildman–Crippen MR) is 108 cm³/mol. The molecule has 130 valence electrons. The van der Waals surface area contributed by atoms with E-state index >= 15 is 0 Å². The summed E-state index contributed by atoms with van der Waals surface area (Å²) < 4.78 is 0. The third kappa shape index (κ3) is 5.08. The van der Waals surface area contributed by atoms with Gasteiger partial charge in [-0.3, -0.25) is 4.79 Å². The SMILES string of the molecule is O=C(/C=C/c1ccccc1Cl)N(Cc1ccccc1)Cc1ccccc1. The quantitative estimate of drug-likeness (QED) is 0.524. The van der Waals surface area contributed by atoms with Crippen LogP contribution in [0.3, 0.4) is 0 Å². The summed E-state index contributed by atoms with van der Waals surface area (Å²) in [6.07, 6.45) is 3.36. The number of hydrogen-bond acceptors (Lipinski definition) is 1. The molecule has 1 amide bonds. The second-order valence-electron chi connectivity index (χ2n) is 6.02. The number of nitrogens with zero attached hydrogens (tertiary/aromatic N) is 1. The topological polar surface area (TPSA) is 20.3 Å². The number of carbonyl (C=O) groups is 1. The lowest BCUT2D eigenvalue weighted by Crippen LogP contribution is -2.28. The first-order chi connectivity index (χ1) is 12.7. The summed E-state index contributed by atoms with van der Waals surface area (Å²) in [5, 5.41) is 0.634. The molecule has 3 rings (SSSR count). The van der Waals surface area contributed by atoms with Crippen LogP contribution in [0, 0.1) is 0 Å². The second-order valence-corrected chi connectivity index (χ2v) is 6.43. The molecule has 0 spiro atoms. The van der Waals surface area contributed by atoms with Crippen LogP contribution in [0.5, 0.6) is 0 Å². The van der Waals surface area contributed by atoms with Gasteiger partial charge in [-0.25, -0.2) is 0 Å². The highest BCUT2D eigenvalue weighted by atomic mass is 35.5. The molecule has 0 saturated carbocycles. The maximum Gasteiger partial charge on any atom is 0.247 e. The molecule has 0 bridgehead atoms. The third-order valence-corrected chi connectivity index (χ3v) is 4.40. The molecule has 3 aromatic carbocycles. The van der Waals surface area contributed by atoms with Crippen LogP contribution in [-0.2, 0) is 17.9 Å². The standard InChI is InChI=1S/C23H20ClNO/c24-22-14-8-7-13-21(22)15-16-23(26)25(17-19-9-3-1-4-10-19)18-20-11-5-2-6-12-20/h1-16H,17-18H2/b16-15+. The van der Waals surface area contributed by atoms with Crippen LogP contribution in [0.25, 0.3) is 6.08 Å². The van der Waals surface area contributed by atoms with E-state index in [0.717, 1.165) is 16.7 Å². The van der Waals surface area contributed by atoms with Gasteiger partial charge in [-0.15, -0.1) is 0 Å². The number of amides is 1. The normalized spacial score (nSPS) is 10.8. The summed E-state index contributed by atoms with van der Waals surface area (Å²) in [6.45, 7) is 1.11. The van der Waals surface area contributed by atoms with Gasteiger partial charge in [-0.1, -0.05) is 90.5 Å². The summed E-state index contributed by atoms with van der Waals surface area (Å²) in [5.41, 5.74) is 3.03. The average Bonchev–Trinajstić information content (AvgIpc) is 2.68. The van der Waals surface area contributed by atoms with E-state index in [4.69, 9.17) is 11.6 Å². The highest BCUT2D eigenvalue weighted by Crippen LogP contribution is 2.17. The Bertz CT molecular complexity index is 833. The lowest BCUT2D eigenvalue weighted by atomic mass is 10.1. The Hall–Kier alpha value is -2.84. The van der Waals surface area contributed by atoms with E-state index in [1.165, 1.54) is 0 Å². The largest absolute Gasteiger partial charge is 0.331 e. The Kier molecular flexibility index (Phi) is 6.24. The van der Waals surface area contributed by atoms with Crippen molar-refractivity contribution in [3.8, 4) is 0 Å². The summed E-state index contributed by atoms with van der Waals surface area (Å²) in [5.74, 6) is -0.0439. The van der Waals surface area contributed by atoms with Crippen LogP contribution in [0.2, 0.25) is 5.02 Å². The van der Waals surface area contributed by atoms with E-state index in [9.17, 15) is 4.79 Å². The van der Waals surface area contributed by atoms with Crippen molar-refractivity contribution >= 4 is 23.6 Å². The summed E-state index contributed by atoms with van der Waals surface area (Å²) in [7, 11) is 0. The molecule has 0 aromatic heterocycles. The maximum absolute atomic E-state index is 12.8. The van der Waals surface area contributed by atoms with Crippen molar-refractivity contribution in [2.75, 3.05) is 0 Å². The molecule has 0 aliphatic heterocycles. The van der Waals surface area contributed by atoms with Gasteiger partial charge in [-0.05, 0) is 28.8 Å². The van der Waals surface area contributed by atoms with Crippen molar-refractivity contribution in [2.45, 2.75) is 13.1 Å². The number of halogens is 1. The molecular weight excluding hydrogens is 342 g/mol. The molecule has 3 heteroatoms. The zero-order chi connectivity index (χ0) is 18.2. The number of carbonyl (C=O) groups excluding carboxylic acids is 1. The van der Waals surface area contributed by atoms with Crippen LogP contribution < -0.4 is 0 Å². The Morgan fingerprint density at radius 2 is 1.27 bits per heavy atom. The van der Waals surface area contributed by atoms with E-state index in [2.05, 4.69) is 0 Å². The predicted octanol–water partition coefficient (Wildman–Crippen LogP) is 5.58. The number of benzene rings is 3. The molecule has 0 radical (unpaired) electrons. The summed E-state index contributed by atoms with van der Waals surface area (Å²) in [4.78, 5) is 14.7. The molecule has 0 saturated heterocycles. The number of rotatable bonds is 6. The van der Waals surface area contributed by atoms with Gasteiger partial charge < -0.3 is 4.90 Å². The van der Waals surface area contributed by atoms with Gasteiger partial charge in [0.2, 0.25) is 5.91 Å². The Morgan fingerprint density at radius 3 is 1.81 bits per heavy atom. The summed E-state index contributed by atoms with van der Waals surface area (Å²) >= 11 is 6.17. The molecule has 3 aromatic rings. The van der Waals surface area contributed by atoms with Crippen molar-refractivity contribution in [1.82, 2.24) is 4.90 Å². The molecule has 0 fully saturated rings. The summed E-state index contributed by atoms with van der Waals surface area (Å²) in [6, 6.07) is 27.5. The first kappa shape index (κ1) is 18.0. The lowest BCUT2D eigenvalue weighted by Gasteiger charge is -2.21. The van der Waals surface area contributed by atoms with E-state index in [1.807, 2.05) is 89.8 Å².